The summed E-state index contributed by atoms with van der Waals surface area (Å²) >= 11 is 6.37. The molecule has 0 bridgehead atoms. The van der Waals surface area contributed by atoms with Gasteiger partial charge in [-0.3, -0.25) is 14.2 Å². The number of halogens is 1. The van der Waals surface area contributed by atoms with Crippen LogP contribution < -0.4 is 15.6 Å². The molecule has 1 amide bonds. The number of hydrogen-bond acceptors (Lipinski definition) is 8. The number of benzene rings is 1. The second-order valence-corrected chi connectivity index (χ2v) is 9.62. The smallest absolute Gasteiger partial charge is 0.320 e. The summed E-state index contributed by atoms with van der Waals surface area (Å²) in [5.74, 6) is -1.60. The lowest BCUT2D eigenvalue weighted by Gasteiger charge is -2.23. The molecule has 0 heterocycles. The van der Waals surface area contributed by atoms with Crippen LogP contribution in [-0.4, -0.2) is 46.6 Å². The van der Waals surface area contributed by atoms with Crippen molar-refractivity contribution in [2.45, 2.75) is 32.7 Å². The van der Waals surface area contributed by atoms with Crippen LogP contribution in [0.25, 0.3) is 0 Å². The van der Waals surface area contributed by atoms with Crippen molar-refractivity contribution in [2.24, 2.45) is 11.0 Å². The summed E-state index contributed by atoms with van der Waals surface area (Å²) in [5.41, 5.74) is 16.4. The Bertz CT molecular complexity index is 766. The van der Waals surface area contributed by atoms with Crippen LogP contribution in [0.15, 0.2) is 23.4 Å². The van der Waals surface area contributed by atoms with E-state index in [0.717, 1.165) is 35.5 Å². The van der Waals surface area contributed by atoms with E-state index in [0.29, 0.717) is 0 Å². The summed E-state index contributed by atoms with van der Waals surface area (Å²) in [6.07, 6.45) is 0.778. The van der Waals surface area contributed by atoms with Gasteiger partial charge in [-0.1, -0.05) is 30.3 Å². The summed E-state index contributed by atoms with van der Waals surface area (Å²) in [4.78, 5) is 30.8. The van der Waals surface area contributed by atoms with E-state index in [1.54, 1.807) is 0 Å². The number of aryl methyl sites for hydroxylation is 2. The normalized spacial score (nSPS) is 13.3. The van der Waals surface area contributed by atoms with Crippen molar-refractivity contribution < 1.29 is 28.4 Å². The standard InChI is InChI=1S/C11H15ClN4O2S.C5H12NO4P/c1-3-9-6-4-5-8(2)11(9)16(10(17)7-12)19-18-15-14-13;1-11(9,10)3-2-4(6)5(7)8/h4-6H,3,7H2,1-2H3,(H2,13,15);4H,2-3,6H2,1H3,(H,7,8)(H,9,10). The van der Waals surface area contributed by atoms with Crippen LogP contribution >= 0.6 is 31.2 Å². The average Bonchev–Trinajstić information content (AvgIpc) is 2.69. The van der Waals surface area contributed by atoms with Gasteiger partial charge in [-0.25, -0.2) is 4.31 Å². The molecule has 2 atom stereocenters. The van der Waals surface area contributed by atoms with Gasteiger partial charge in [0.1, 0.15) is 11.9 Å². The molecular formula is C16H27ClN5O6PS. The van der Waals surface area contributed by atoms with Crippen molar-refractivity contribution in [1.82, 2.24) is 5.59 Å². The zero-order valence-electron chi connectivity index (χ0n) is 16.9. The monoisotopic (exact) mass is 483 g/mol. The third-order valence-corrected chi connectivity index (χ3v) is 5.61. The van der Waals surface area contributed by atoms with E-state index in [1.165, 1.54) is 11.0 Å². The Morgan fingerprint density at radius 2 is 2.13 bits per heavy atom. The maximum atomic E-state index is 11.9. The van der Waals surface area contributed by atoms with Crippen molar-refractivity contribution in [1.29, 1.82) is 5.53 Å². The molecular weight excluding hydrogens is 457 g/mol. The van der Waals surface area contributed by atoms with E-state index in [1.807, 2.05) is 37.6 Å². The number of alkyl halides is 1. The van der Waals surface area contributed by atoms with Crippen LogP contribution in [0.2, 0.25) is 0 Å². The molecule has 1 rings (SSSR count). The van der Waals surface area contributed by atoms with Crippen LogP contribution in [0.4, 0.5) is 5.69 Å². The molecule has 0 aliphatic carbocycles. The highest BCUT2D eigenvalue weighted by Gasteiger charge is 2.21. The highest BCUT2D eigenvalue weighted by molar-refractivity contribution is 7.96. The van der Waals surface area contributed by atoms with Gasteiger partial charge in [0, 0.05) is 12.8 Å². The predicted octanol–water partition coefficient (Wildman–Crippen LogP) is 2.85. The minimum Gasteiger partial charge on any atom is -0.480 e. The van der Waals surface area contributed by atoms with Gasteiger partial charge in [0.2, 0.25) is 0 Å². The van der Waals surface area contributed by atoms with Crippen LogP contribution in [0.5, 0.6) is 0 Å². The molecule has 14 heteroatoms. The van der Waals surface area contributed by atoms with Gasteiger partial charge in [0.15, 0.2) is 19.6 Å². The third-order valence-electron chi connectivity index (χ3n) is 3.61. The molecule has 11 nitrogen and oxygen atoms in total. The largest absolute Gasteiger partial charge is 0.480 e. The molecule has 30 heavy (non-hydrogen) atoms. The number of carbonyl (C=O) groups excluding carboxylic acids is 1. The minimum atomic E-state index is -3.10. The number of carbonyl (C=O) groups is 2. The first-order chi connectivity index (χ1) is 14.0. The maximum absolute atomic E-state index is 11.9. The second kappa shape index (κ2) is 14.3. The fraction of sp³-hybridized carbons (Fsp3) is 0.500. The number of anilines is 1. The quantitative estimate of drug-likeness (QED) is 0.0601. The summed E-state index contributed by atoms with van der Waals surface area (Å²) in [6, 6.07) is 4.76. The molecule has 0 spiro atoms. The Labute approximate surface area is 184 Å². The van der Waals surface area contributed by atoms with Gasteiger partial charge in [-0.15, -0.1) is 11.6 Å². The highest BCUT2D eigenvalue weighted by Crippen LogP contribution is 2.35. The van der Waals surface area contributed by atoms with Crippen LogP contribution in [0, 0.1) is 12.5 Å². The Morgan fingerprint density at radius 3 is 2.60 bits per heavy atom. The number of amides is 1. The number of rotatable bonds is 11. The maximum Gasteiger partial charge on any atom is 0.320 e. The fourth-order valence-corrected chi connectivity index (χ4v) is 3.70. The summed E-state index contributed by atoms with van der Waals surface area (Å²) in [5, 5.41) is 11.1. The molecule has 0 fully saturated rings. The molecule has 0 saturated carbocycles. The first kappa shape index (κ1) is 28.3. The van der Waals surface area contributed by atoms with E-state index >= 15 is 0 Å². The number of carboxylic acid groups (broad SMARTS) is 1. The molecule has 6 N–H and O–H groups in total. The van der Waals surface area contributed by atoms with Gasteiger partial charge in [-0.05, 0) is 30.9 Å². The zero-order valence-corrected chi connectivity index (χ0v) is 19.3. The van der Waals surface area contributed by atoms with Crippen molar-refractivity contribution in [3.05, 3.63) is 29.3 Å². The molecule has 0 radical (unpaired) electrons. The second-order valence-electron chi connectivity index (χ2n) is 6.13. The highest BCUT2D eigenvalue weighted by atomic mass is 35.5. The van der Waals surface area contributed by atoms with E-state index in [2.05, 4.69) is 5.22 Å². The molecule has 0 saturated heterocycles. The van der Waals surface area contributed by atoms with E-state index in [-0.39, 0.29) is 24.4 Å². The number of para-hydroxylation sites is 1. The lowest BCUT2D eigenvalue weighted by molar-refractivity contribution is -0.138. The first-order valence-electron chi connectivity index (χ1n) is 8.68. The van der Waals surface area contributed by atoms with Crippen LogP contribution in [0.1, 0.15) is 24.5 Å². The fourth-order valence-electron chi connectivity index (χ4n) is 2.13. The molecule has 170 valence electrons. The SMILES string of the molecule is CCc1cccc(C)c1N(SONN=N)C(=O)CCl.CP(=O)(O)CCC(N)C(=O)O. The van der Waals surface area contributed by atoms with Crippen LogP contribution in [0.3, 0.4) is 0 Å². The molecule has 0 aliphatic rings. The van der Waals surface area contributed by atoms with E-state index in [9.17, 15) is 14.2 Å². The van der Waals surface area contributed by atoms with Crippen molar-refractivity contribution in [3.8, 4) is 0 Å². The third kappa shape index (κ3) is 10.9. The molecule has 1 aromatic carbocycles. The summed E-state index contributed by atoms with van der Waals surface area (Å²) in [7, 11) is -3.10. The van der Waals surface area contributed by atoms with Gasteiger partial charge in [-0.2, -0.15) is 15.4 Å². The Hall–Kier alpha value is -1.69. The first-order valence-corrected chi connectivity index (χ1v) is 12.2. The predicted molar refractivity (Wildman–Crippen MR) is 117 cm³/mol. The number of hydrogen-bond donors (Lipinski definition) is 5. The van der Waals surface area contributed by atoms with Crippen LogP contribution in [-0.2, 0) is 24.9 Å². The number of nitrogens with two attached hydrogens (primary N) is 1. The average molecular weight is 484 g/mol. The van der Waals surface area contributed by atoms with E-state index in [4.69, 9.17) is 37.1 Å². The number of nitrogens with zero attached hydrogens (tertiary/aromatic N) is 2. The Balaban J connectivity index is 0.000000654. The Morgan fingerprint density at radius 1 is 1.50 bits per heavy atom. The van der Waals surface area contributed by atoms with Crippen molar-refractivity contribution in [2.75, 3.05) is 23.0 Å². The summed E-state index contributed by atoms with van der Waals surface area (Å²) < 4.78 is 16.8. The molecule has 0 aliphatic heterocycles. The summed E-state index contributed by atoms with van der Waals surface area (Å²) in [6.45, 7) is 5.10. The van der Waals surface area contributed by atoms with Crippen molar-refractivity contribution in [3.63, 3.8) is 0 Å². The number of aliphatic carboxylic acids is 1. The lowest BCUT2D eigenvalue weighted by atomic mass is 10.1. The molecule has 0 aromatic heterocycles. The molecule has 1 aromatic rings. The van der Waals surface area contributed by atoms with Gasteiger partial charge >= 0.3 is 5.97 Å². The van der Waals surface area contributed by atoms with Crippen molar-refractivity contribution >= 4 is 48.8 Å². The van der Waals surface area contributed by atoms with Gasteiger partial charge in [0.05, 0.1) is 5.69 Å². The zero-order chi connectivity index (χ0) is 23.3. The molecule has 2 unspecified atom stereocenters. The minimum absolute atomic E-state index is 0.0412. The van der Waals surface area contributed by atoms with E-state index < -0.39 is 19.4 Å². The lowest BCUT2D eigenvalue weighted by Crippen LogP contribution is -2.30. The van der Waals surface area contributed by atoms with Gasteiger partial charge in [0.25, 0.3) is 5.91 Å². The Kier molecular flexibility index (Phi) is 13.5. The van der Waals surface area contributed by atoms with Gasteiger partial charge < -0.3 is 15.7 Å². The number of nitrogens with one attached hydrogen (secondary N) is 2. The topological polar surface area (TPSA) is 178 Å². The number of carboxylic acids is 1.